The Hall–Kier alpha value is -1.58. The summed E-state index contributed by atoms with van der Waals surface area (Å²) in [7, 11) is 1.48. The summed E-state index contributed by atoms with van der Waals surface area (Å²) < 4.78 is 45.6. The number of methoxy groups -OCH3 is 1. The number of hydrogen-bond donors (Lipinski definition) is 0. The van der Waals surface area contributed by atoms with Crippen LogP contribution < -0.4 is 4.74 Å². The minimum absolute atomic E-state index is 0.285. The van der Waals surface area contributed by atoms with Gasteiger partial charge in [0.05, 0.1) is 17.8 Å². The largest absolute Gasteiger partial charge is 0.495 e. The molecule has 0 saturated carbocycles. The molecule has 0 saturated heterocycles. The van der Waals surface area contributed by atoms with Gasteiger partial charge >= 0.3 is 6.18 Å². The number of alkyl halides is 3. The molecule has 0 radical (unpaired) electrons. The van der Waals surface area contributed by atoms with E-state index in [1.165, 1.54) is 23.1 Å². The van der Waals surface area contributed by atoms with E-state index in [0.717, 1.165) is 9.35 Å². The topological polar surface area (TPSA) is 39.9 Å². The molecule has 2 aromatic heterocycles. The summed E-state index contributed by atoms with van der Waals surface area (Å²) >= 11 is 11.1. The third-order valence-corrected chi connectivity index (χ3v) is 5.69. The fourth-order valence-corrected chi connectivity index (χ4v) is 4.09. The first-order chi connectivity index (χ1) is 12.3. The van der Waals surface area contributed by atoms with Crippen LogP contribution in [0, 0.1) is 0 Å². The third-order valence-electron chi connectivity index (χ3n) is 3.47. The Morgan fingerprint density at radius 3 is 2.65 bits per heavy atom. The number of aromatic nitrogens is 3. The molecule has 4 nitrogen and oxygen atoms in total. The molecule has 3 rings (SSSR count). The van der Waals surface area contributed by atoms with Gasteiger partial charge in [-0.15, -0.1) is 11.3 Å². The third kappa shape index (κ3) is 4.39. The van der Waals surface area contributed by atoms with Crippen molar-refractivity contribution in [2.24, 2.45) is 0 Å². The molecule has 0 N–H and O–H groups in total. The van der Waals surface area contributed by atoms with Crippen molar-refractivity contribution in [2.45, 2.75) is 19.0 Å². The van der Waals surface area contributed by atoms with E-state index in [1.54, 1.807) is 18.2 Å². The van der Waals surface area contributed by atoms with Gasteiger partial charge in [0, 0.05) is 15.8 Å². The van der Waals surface area contributed by atoms with Crippen LogP contribution in [-0.2, 0) is 12.8 Å². The van der Waals surface area contributed by atoms with Gasteiger partial charge in [0.1, 0.15) is 18.0 Å². The Morgan fingerprint density at radius 2 is 2.08 bits per heavy atom. The quantitative estimate of drug-likeness (QED) is 0.502. The van der Waals surface area contributed by atoms with Crippen molar-refractivity contribution in [2.75, 3.05) is 7.11 Å². The fourth-order valence-electron chi connectivity index (χ4n) is 2.35. The van der Waals surface area contributed by atoms with Gasteiger partial charge in [0.25, 0.3) is 0 Å². The highest BCUT2D eigenvalue weighted by atomic mass is 79.9. The second kappa shape index (κ2) is 7.58. The van der Waals surface area contributed by atoms with Crippen molar-refractivity contribution >= 4 is 38.9 Å². The number of benzene rings is 1. The van der Waals surface area contributed by atoms with Crippen molar-refractivity contribution in [1.82, 2.24) is 14.8 Å². The molecule has 1 aromatic carbocycles. The zero-order valence-electron chi connectivity index (χ0n) is 13.3. The Kier molecular flexibility index (Phi) is 5.59. The summed E-state index contributed by atoms with van der Waals surface area (Å²) in [6.07, 6.45) is -5.24. The predicted octanol–water partition coefficient (Wildman–Crippen LogP) is 5.45. The van der Waals surface area contributed by atoms with E-state index in [0.29, 0.717) is 28.7 Å². The molecular formula is C16H12BrClF3N3OS. The van der Waals surface area contributed by atoms with Crippen LogP contribution in [0.1, 0.15) is 16.5 Å². The number of nitrogens with zero attached hydrogens (tertiary/aromatic N) is 3. The lowest BCUT2D eigenvalue weighted by Gasteiger charge is -2.08. The van der Waals surface area contributed by atoms with Crippen molar-refractivity contribution in [3.8, 4) is 11.4 Å². The van der Waals surface area contributed by atoms with Crippen LogP contribution in [-0.4, -0.2) is 28.1 Å². The molecule has 0 aliphatic rings. The molecule has 0 spiro atoms. The summed E-state index contributed by atoms with van der Waals surface area (Å²) in [6.45, 7) is 0. The first-order valence-corrected chi connectivity index (χ1v) is 9.39. The Labute approximate surface area is 164 Å². The molecule has 3 aromatic rings. The van der Waals surface area contributed by atoms with Crippen LogP contribution in [0.2, 0.25) is 5.02 Å². The number of hydrogen-bond acceptors (Lipinski definition) is 4. The maximum Gasteiger partial charge on any atom is 0.396 e. The predicted molar refractivity (Wildman–Crippen MR) is 97.5 cm³/mol. The number of halogens is 5. The van der Waals surface area contributed by atoms with E-state index in [2.05, 4.69) is 26.0 Å². The van der Waals surface area contributed by atoms with Crippen LogP contribution in [0.4, 0.5) is 13.2 Å². The summed E-state index contributed by atoms with van der Waals surface area (Å²) in [4.78, 5) is 5.05. The molecule has 0 atom stereocenters. The van der Waals surface area contributed by atoms with Crippen LogP contribution in [0.15, 0.2) is 34.1 Å². The van der Waals surface area contributed by atoms with Gasteiger partial charge in [-0.1, -0.05) is 11.6 Å². The van der Waals surface area contributed by atoms with Crippen molar-refractivity contribution in [3.05, 3.63) is 55.7 Å². The van der Waals surface area contributed by atoms with Crippen molar-refractivity contribution in [1.29, 1.82) is 0 Å². The Balaban J connectivity index is 2.03. The maximum atomic E-state index is 12.8. The molecular weight excluding hydrogens is 455 g/mol. The molecule has 138 valence electrons. The van der Waals surface area contributed by atoms with E-state index >= 15 is 0 Å². The van der Waals surface area contributed by atoms with E-state index in [4.69, 9.17) is 16.3 Å². The van der Waals surface area contributed by atoms with Gasteiger partial charge < -0.3 is 4.74 Å². The van der Waals surface area contributed by atoms with Gasteiger partial charge in [-0.05, 0) is 45.6 Å². The lowest BCUT2D eigenvalue weighted by molar-refractivity contribution is -0.128. The zero-order valence-corrected chi connectivity index (χ0v) is 16.5. The van der Waals surface area contributed by atoms with E-state index in [1.807, 2.05) is 11.4 Å². The molecule has 0 aliphatic carbocycles. The van der Waals surface area contributed by atoms with Gasteiger partial charge in [-0.3, -0.25) is 0 Å². The molecule has 0 aliphatic heterocycles. The Morgan fingerprint density at radius 1 is 1.31 bits per heavy atom. The highest BCUT2D eigenvalue weighted by Crippen LogP contribution is 2.29. The van der Waals surface area contributed by atoms with Gasteiger partial charge in [0.2, 0.25) is 0 Å². The molecule has 26 heavy (non-hydrogen) atoms. The normalized spacial score (nSPS) is 11.8. The van der Waals surface area contributed by atoms with Crippen LogP contribution in [0.25, 0.3) is 5.69 Å². The molecule has 0 amide bonds. The monoisotopic (exact) mass is 465 g/mol. The molecule has 0 bridgehead atoms. The van der Waals surface area contributed by atoms with Gasteiger partial charge in [-0.2, -0.15) is 18.3 Å². The van der Waals surface area contributed by atoms with Gasteiger partial charge in [-0.25, -0.2) is 9.67 Å². The molecule has 10 heteroatoms. The number of ether oxygens (including phenoxy) is 1. The minimum Gasteiger partial charge on any atom is -0.495 e. The first kappa shape index (κ1) is 19.2. The van der Waals surface area contributed by atoms with Crippen LogP contribution in [0.5, 0.6) is 5.75 Å². The molecule has 2 heterocycles. The molecule has 0 unspecified atom stereocenters. The smallest absolute Gasteiger partial charge is 0.396 e. The first-order valence-electron chi connectivity index (χ1n) is 7.34. The van der Waals surface area contributed by atoms with E-state index in [9.17, 15) is 13.2 Å². The van der Waals surface area contributed by atoms with Crippen molar-refractivity contribution < 1.29 is 17.9 Å². The highest BCUT2D eigenvalue weighted by molar-refractivity contribution is 9.10. The zero-order chi connectivity index (χ0) is 18.9. The second-order valence-electron chi connectivity index (χ2n) is 5.34. The SMILES string of the molecule is COc1ccc(-n2nc(CC(F)(F)F)nc2Cc2sccc2Br)cc1Cl. The maximum absolute atomic E-state index is 12.8. The average Bonchev–Trinajstić information content (AvgIpc) is 3.12. The Bertz CT molecular complexity index is 926. The lowest BCUT2D eigenvalue weighted by atomic mass is 10.3. The van der Waals surface area contributed by atoms with E-state index < -0.39 is 12.6 Å². The summed E-state index contributed by atoms with van der Waals surface area (Å²) in [6, 6.07) is 6.76. The fraction of sp³-hybridized carbons (Fsp3) is 0.250. The number of thiophene rings is 1. The summed E-state index contributed by atoms with van der Waals surface area (Å²) in [5, 5.41) is 6.27. The number of rotatable bonds is 5. The second-order valence-corrected chi connectivity index (χ2v) is 7.60. The summed E-state index contributed by atoms with van der Waals surface area (Å²) in [5.41, 5.74) is 0.513. The van der Waals surface area contributed by atoms with Crippen LogP contribution >= 0.6 is 38.9 Å². The van der Waals surface area contributed by atoms with E-state index in [-0.39, 0.29) is 5.82 Å². The van der Waals surface area contributed by atoms with Crippen LogP contribution in [0.3, 0.4) is 0 Å². The average molecular weight is 467 g/mol. The van der Waals surface area contributed by atoms with Crippen molar-refractivity contribution in [3.63, 3.8) is 0 Å². The lowest BCUT2D eigenvalue weighted by Crippen LogP contribution is -2.13. The molecule has 0 fully saturated rings. The minimum atomic E-state index is -4.38. The standard InChI is InChI=1S/C16H12BrClF3N3OS/c1-25-12-3-2-9(6-11(12)18)24-15(7-13-10(17)4-5-26-13)22-14(23-24)8-16(19,20)21/h2-6H,7-8H2,1H3. The van der Waals surface area contributed by atoms with Gasteiger partial charge in [0.15, 0.2) is 5.82 Å². The highest BCUT2D eigenvalue weighted by Gasteiger charge is 2.31. The summed E-state index contributed by atoms with van der Waals surface area (Å²) in [5.74, 6) is 0.578.